The molecule has 0 saturated carbocycles. The van der Waals surface area contributed by atoms with Crippen LogP contribution in [0.4, 0.5) is 5.69 Å². The Labute approximate surface area is 112 Å². The molecule has 19 heavy (non-hydrogen) atoms. The van der Waals surface area contributed by atoms with E-state index in [1.165, 1.54) is 17.3 Å². The second kappa shape index (κ2) is 6.00. The van der Waals surface area contributed by atoms with E-state index in [4.69, 9.17) is 5.11 Å². The van der Waals surface area contributed by atoms with Crippen molar-refractivity contribution in [2.45, 2.75) is 13.3 Å². The van der Waals surface area contributed by atoms with Crippen molar-refractivity contribution in [3.63, 3.8) is 0 Å². The standard InChI is InChI=1S/C15H16N2O2/c1-11-3-2-4-12(9-11)5-8-17-14-6-7-16-10-13(14)15(18)19/h2-4,6-7,9-10H,5,8H2,1H3,(H,16,17)(H,18,19). The largest absolute Gasteiger partial charge is 0.478 e. The highest BCUT2D eigenvalue weighted by atomic mass is 16.4. The first-order valence-electron chi connectivity index (χ1n) is 6.13. The average molecular weight is 256 g/mol. The molecule has 0 aliphatic carbocycles. The number of hydrogen-bond donors (Lipinski definition) is 2. The Bertz CT molecular complexity index is 582. The van der Waals surface area contributed by atoms with Crippen LogP contribution in [-0.2, 0) is 6.42 Å². The Kier molecular flexibility index (Phi) is 4.13. The Morgan fingerprint density at radius 1 is 1.37 bits per heavy atom. The van der Waals surface area contributed by atoms with E-state index in [2.05, 4.69) is 35.4 Å². The first-order valence-corrected chi connectivity index (χ1v) is 6.13. The van der Waals surface area contributed by atoms with E-state index < -0.39 is 5.97 Å². The van der Waals surface area contributed by atoms with Crippen LogP contribution in [0.2, 0.25) is 0 Å². The Balaban J connectivity index is 1.98. The van der Waals surface area contributed by atoms with Gasteiger partial charge in [-0.05, 0) is 25.0 Å². The molecule has 2 N–H and O–H groups in total. The molecule has 0 radical (unpaired) electrons. The fourth-order valence-corrected chi connectivity index (χ4v) is 1.93. The molecule has 98 valence electrons. The van der Waals surface area contributed by atoms with Crippen LogP contribution < -0.4 is 5.32 Å². The number of anilines is 1. The number of rotatable bonds is 5. The van der Waals surface area contributed by atoms with Gasteiger partial charge in [-0.1, -0.05) is 29.8 Å². The fraction of sp³-hybridized carbons (Fsp3) is 0.200. The van der Waals surface area contributed by atoms with Gasteiger partial charge in [0.05, 0.1) is 5.69 Å². The summed E-state index contributed by atoms with van der Waals surface area (Å²) in [5.74, 6) is -0.967. The van der Waals surface area contributed by atoms with Gasteiger partial charge >= 0.3 is 5.97 Å². The second-order valence-corrected chi connectivity index (χ2v) is 4.39. The molecule has 0 spiro atoms. The van der Waals surface area contributed by atoms with Crippen molar-refractivity contribution in [1.82, 2.24) is 4.98 Å². The summed E-state index contributed by atoms with van der Waals surface area (Å²) in [5, 5.41) is 12.2. The van der Waals surface area contributed by atoms with Crippen LogP contribution in [0.25, 0.3) is 0 Å². The molecule has 0 bridgehead atoms. The van der Waals surface area contributed by atoms with E-state index in [0.717, 1.165) is 6.42 Å². The van der Waals surface area contributed by atoms with Gasteiger partial charge in [0.2, 0.25) is 0 Å². The number of carbonyl (C=O) groups is 1. The monoisotopic (exact) mass is 256 g/mol. The lowest BCUT2D eigenvalue weighted by atomic mass is 10.1. The highest BCUT2D eigenvalue weighted by molar-refractivity contribution is 5.93. The number of nitrogens with zero attached hydrogens (tertiary/aromatic N) is 1. The molecular weight excluding hydrogens is 240 g/mol. The molecule has 0 aliphatic heterocycles. The Hall–Kier alpha value is -2.36. The zero-order valence-corrected chi connectivity index (χ0v) is 10.8. The van der Waals surface area contributed by atoms with E-state index in [0.29, 0.717) is 12.2 Å². The number of hydrogen-bond acceptors (Lipinski definition) is 3. The van der Waals surface area contributed by atoms with Crippen molar-refractivity contribution < 1.29 is 9.90 Å². The van der Waals surface area contributed by atoms with E-state index in [-0.39, 0.29) is 5.56 Å². The van der Waals surface area contributed by atoms with Gasteiger partial charge in [-0.3, -0.25) is 4.98 Å². The molecule has 2 rings (SSSR count). The van der Waals surface area contributed by atoms with Crippen LogP contribution in [-0.4, -0.2) is 22.6 Å². The third-order valence-electron chi connectivity index (χ3n) is 2.86. The average Bonchev–Trinajstić information content (AvgIpc) is 2.39. The van der Waals surface area contributed by atoms with Gasteiger partial charge in [0.15, 0.2) is 0 Å². The summed E-state index contributed by atoms with van der Waals surface area (Å²) in [5.41, 5.74) is 3.27. The molecule has 0 atom stereocenters. The number of benzene rings is 1. The maximum absolute atomic E-state index is 11.0. The first kappa shape index (κ1) is 13.1. The second-order valence-electron chi connectivity index (χ2n) is 4.39. The maximum atomic E-state index is 11.0. The topological polar surface area (TPSA) is 62.2 Å². The zero-order chi connectivity index (χ0) is 13.7. The highest BCUT2D eigenvalue weighted by Crippen LogP contribution is 2.13. The van der Waals surface area contributed by atoms with Crippen molar-refractivity contribution in [3.8, 4) is 0 Å². The Morgan fingerprint density at radius 3 is 2.95 bits per heavy atom. The van der Waals surface area contributed by atoms with Crippen molar-refractivity contribution in [2.24, 2.45) is 0 Å². The first-order chi connectivity index (χ1) is 9.16. The van der Waals surface area contributed by atoms with Gasteiger partial charge in [-0.15, -0.1) is 0 Å². The zero-order valence-electron chi connectivity index (χ0n) is 10.8. The molecular formula is C15H16N2O2. The van der Waals surface area contributed by atoms with Gasteiger partial charge < -0.3 is 10.4 Å². The van der Waals surface area contributed by atoms with Crippen molar-refractivity contribution in [3.05, 3.63) is 59.4 Å². The molecule has 1 aromatic heterocycles. The Morgan fingerprint density at radius 2 is 2.21 bits per heavy atom. The molecule has 4 nitrogen and oxygen atoms in total. The number of carboxylic acid groups (broad SMARTS) is 1. The van der Waals surface area contributed by atoms with E-state index >= 15 is 0 Å². The van der Waals surface area contributed by atoms with Gasteiger partial charge in [-0.2, -0.15) is 0 Å². The predicted octanol–water partition coefficient (Wildman–Crippen LogP) is 2.74. The summed E-state index contributed by atoms with van der Waals surface area (Å²) in [6.45, 7) is 2.75. The number of nitrogens with one attached hydrogen (secondary N) is 1. The minimum Gasteiger partial charge on any atom is -0.478 e. The lowest BCUT2D eigenvalue weighted by Gasteiger charge is -2.09. The van der Waals surface area contributed by atoms with Crippen LogP contribution in [0.15, 0.2) is 42.7 Å². The molecule has 0 amide bonds. The predicted molar refractivity (Wildman–Crippen MR) is 74.6 cm³/mol. The smallest absolute Gasteiger partial charge is 0.339 e. The lowest BCUT2D eigenvalue weighted by Crippen LogP contribution is -2.09. The number of aromatic nitrogens is 1. The van der Waals surface area contributed by atoms with Crippen LogP contribution >= 0.6 is 0 Å². The normalized spacial score (nSPS) is 10.2. The third-order valence-corrected chi connectivity index (χ3v) is 2.86. The number of pyridine rings is 1. The minimum atomic E-state index is -0.967. The van der Waals surface area contributed by atoms with Gasteiger partial charge in [0.1, 0.15) is 5.56 Å². The third kappa shape index (κ3) is 3.55. The summed E-state index contributed by atoms with van der Waals surface area (Å²) < 4.78 is 0. The fourth-order valence-electron chi connectivity index (χ4n) is 1.93. The van der Waals surface area contributed by atoms with Crippen molar-refractivity contribution in [1.29, 1.82) is 0 Å². The lowest BCUT2D eigenvalue weighted by molar-refractivity contribution is 0.0697. The summed E-state index contributed by atoms with van der Waals surface area (Å²) in [4.78, 5) is 14.8. The maximum Gasteiger partial charge on any atom is 0.339 e. The molecule has 0 fully saturated rings. The van der Waals surface area contributed by atoms with Crippen molar-refractivity contribution >= 4 is 11.7 Å². The van der Waals surface area contributed by atoms with Crippen molar-refractivity contribution in [2.75, 3.05) is 11.9 Å². The summed E-state index contributed by atoms with van der Waals surface area (Å²) >= 11 is 0. The summed E-state index contributed by atoms with van der Waals surface area (Å²) in [6.07, 6.45) is 3.79. The van der Waals surface area contributed by atoms with Crippen LogP contribution in [0.5, 0.6) is 0 Å². The van der Waals surface area contributed by atoms with Gasteiger partial charge in [-0.25, -0.2) is 4.79 Å². The highest BCUT2D eigenvalue weighted by Gasteiger charge is 2.08. The molecule has 4 heteroatoms. The van der Waals surface area contributed by atoms with E-state index in [1.807, 2.05) is 6.07 Å². The molecule has 0 aliphatic rings. The summed E-state index contributed by atoms with van der Waals surface area (Å²) in [6, 6.07) is 9.97. The van der Waals surface area contributed by atoms with Gasteiger partial charge in [0, 0.05) is 18.9 Å². The van der Waals surface area contributed by atoms with E-state index in [9.17, 15) is 4.79 Å². The number of carboxylic acids is 1. The molecule has 1 aromatic carbocycles. The molecule has 0 unspecified atom stereocenters. The SMILES string of the molecule is Cc1cccc(CCNc2ccncc2C(=O)O)c1. The van der Waals surface area contributed by atoms with Crippen LogP contribution in [0.3, 0.4) is 0 Å². The minimum absolute atomic E-state index is 0.201. The summed E-state index contributed by atoms with van der Waals surface area (Å²) in [7, 11) is 0. The molecule has 2 aromatic rings. The van der Waals surface area contributed by atoms with E-state index in [1.54, 1.807) is 12.3 Å². The van der Waals surface area contributed by atoms with Gasteiger partial charge in [0.25, 0.3) is 0 Å². The van der Waals surface area contributed by atoms with Crippen LogP contribution in [0, 0.1) is 6.92 Å². The van der Waals surface area contributed by atoms with Crippen LogP contribution in [0.1, 0.15) is 21.5 Å². The quantitative estimate of drug-likeness (QED) is 0.863. The molecule has 0 saturated heterocycles. The number of aromatic carboxylic acids is 1. The molecule has 1 heterocycles. The number of aryl methyl sites for hydroxylation is 1.